The molecule has 1 fully saturated rings. The van der Waals surface area contributed by atoms with Gasteiger partial charge in [-0.3, -0.25) is 14.9 Å². The van der Waals surface area contributed by atoms with Gasteiger partial charge in [0.1, 0.15) is 0 Å². The molecule has 2 heterocycles. The molecule has 118 valence electrons. The van der Waals surface area contributed by atoms with E-state index in [0.717, 1.165) is 0 Å². The van der Waals surface area contributed by atoms with Crippen LogP contribution in [0.3, 0.4) is 0 Å². The first kappa shape index (κ1) is 15.0. The van der Waals surface area contributed by atoms with Crippen molar-refractivity contribution in [2.45, 2.75) is 0 Å². The standard InChI is InChI=1S/C15H14N4O4/c20-15(18-4-6-23-7-5-18)12-9-16-14(17-10-12)11-2-1-3-13(8-11)19(21)22/h1-3,8-10H,4-7H2. The van der Waals surface area contributed by atoms with Crippen LogP contribution in [-0.2, 0) is 4.74 Å². The highest BCUT2D eigenvalue weighted by Crippen LogP contribution is 2.20. The van der Waals surface area contributed by atoms with Crippen molar-refractivity contribution in [2.75, 3.05) is 26.3 Å². The fourth-order valence-corrected chi connectivity index (χ4v) is 2.30. The average molecular weight is 314 g/mol. The summed E-state index contributed by atoms with van der Waals surface area (Å²) < 4.78 is 5.21. The molecule has 1 aliphatic heterocycles. The number of nitrogens with zero attached hydrogens (tertiary/aromatic N) is 4. The zero-order chi connectivity index (χ0) is 16.2. The Labute approximate surface area is 131 Å². The number of nitro groups is 1. The molecule has 0 atom stereocenters. The van der Waals surface area contributed by atoms with Gasteiger partial charge in [-0.25, -0.2) is 9.97 Å². The van der Waals surface area contributed by atoms with E-state index in [1.807, 2.05) is 0 Å². The largest absolute Gasteiger partial charge is 0.378 e. The number of morpholine rings is 1. The fraction of sp³-hybridized carbons (Fsp3) is 0.267. The molecule has 0 saturated carbocycles. The quantitative estimate of drug-likeness (QED) is 0.629. The van der Waals surface area contributed by atoms with Gasteiger partial charge in [0, 0.05) is 43.2 Å². The molecule has 0 aliphatic carbocycles. The van der Waals surface area contributed by atoms with Crippen LogP contribution >= 0.6 is 0 Å². The van der Waals surface area contributed by atoms with E-state index >= 15 is 0 Å². The van der Waals surface area contributed by atoms with Gasteiger partial charge in [-0.15, -0.1) is 0 Å². The molecule has 0 unspecified atom stereocenters. The van der Waals surface area contributed by atoms with Crippen LogP contribution in [0.4, 0.5) is 5.69 Å². The Morgan fingerprint density at radius 3 is 2.57 bits per heavy atom. The first-order valence-corrected chi connectivity index (χ1v) is 7.09. The lowest BCUT2D eigenvalue weighted by Crippen LogP contribution is -2.40. The van der Waals surface area contributed by atoms with Gasteiger partial charge in [0.15, 0.2) is 5.82 Å². The van der Waals surface area contributed by atoms with Crippen LogP contribution in [0, 0.1) is 10.1 Å². The number of rotatable bonds is 3. The number of non-ortho nitro benzene ring substituents is 1. The van der Waals surface area contributed by atoms with Crippen molar-refractivity contribution in [3.05, 3.63) is 52.3 Å². The summed E-state index contributed by atoms with van der Waals surface area (Å²) in [5.74, 6) is 0.200. The van der Waals surface area contributed by atoms with Gasteiger partial charge in [-0.2, -0.15) is 0 Å². The van der Waals surface area contributed by atoms with Crippen LogP contribution in [-0.4, -0.2) is 52.0 Å². The Balaban J connectivity index is 1.80. The van der Waals surface area contributed by atoms with E-state index in [2.05, 4.69) is 9.97 Å². The van der Waals surface area contributed by atoms with Crippen molar-refractivity contribution in [1.82, 2.24) is 14.9 Å². The molecular formula is C15H14N4O4. The Morgan fingerprint density at radius 1 is 1.22 bits per heavy atom. The number of carbonyl (C=O) groups excluding carboxylic acids is 1. The second-order valence-corrected chi connectivity index (χ2v) is 5.01. The van der Waals surface area contributed by atoms with Crippen molar-refractivity contribution in [1.29, 1.82) is 0 Å². The van der Waals surface area contributed by atoms with Crippen molar-refractivity contribution < 1.29 is 14.5 Å². The van der Waals surface area contributed by atoms with Crippen LogP contribution in [0.2, 0.25) is 0 Å². The SMILES string of the molecule is O=C(c1cnc(-c2cccc([N+](=O)[O-])c2)nc1)N1CCOCC1. The molecule has 2 aromatic rings. The van der Waals surface area contributed by atoms with Crippen molar-refractivity contribution in [2.24, 2.45) is 0 Å². The number of benzene rings is 1. The third kappa shape index (κ3) is 3.32. The summed E-state index contributed by atoms with van der Waals surface area (Å²) in [5.41, 5.74) is 0.894. The first-order valence-electron chi connectivity index (χ1n) is 7.09. The summed E-state index contributed by atoms with van der Waals surface area (Å²) in [6.45, 7) is 2.15. The van der Waals surface area contributed by atoms with Crippen molar-refractivity contribution in [3.8, 4) is 11.4 Å². The molecule has 1 aromatic carbocycles. The molecule has 1 amide bonds. The van der Waals surface area contributed by atoms with E-state index in [9.17, 15) is 14.9 Å². The Kier molecular flexibility index (Phi) is 4.24. The predicted octanol–water partition coefficient (Wildman–Crippen LogP) is 1.52. The highest BCUT2D eigenvalue weighted by Gasteiger charge is 2.19. The maximum atomic E-state index is 12.3. The molecule has 1 aliphatic rings. The second kappa shape index (κ2) is 6.49. The zero-order valence-corrected chi connectivity index (χ0v) is 12.2. The second-order valence-electron chi connectivity index (χ2n) is 5.01. The molecule has 8 heteroatoms. The number of amides is 1. The van der Waals surface area contributed by atoms with Crippen LogP contribution in [0.5, 0.6) is 0 Å². The maximum absolute atomic E-state index is 12.3. The van der Waals surface area contributed by atoms with Gasteiger partial charge in [-0.1, -0.05) is 12.1 Å². The van der Waals surface area contributed by atoms with E-state index in [4.69, 9.17) is 4.74 Å². The average Bonchev–Trinajstić information content (AvgIpc) is 2.62. The van der Waals surface area contributed by atoms with E-state index < -0.39 is 4.92 Å². The third-order valence-electron chi connectivity index (χ3n) is 3.51. The van der Waals surface area contributed by atoms with Crippen molar-refractivity contribution >= 4 is 11.6 Å². The third-order valence-corrected chi connectivity index (χ3v) is 3.51. The summed E-state index contributed by atoms with van der Waals surface area (Å²) in [6.07, 6.45) is 2.89. The monoisotopic (exact) mass is 314 g/mol. The summed E-state index contributed by atoms with van der Waals surface area (Å²) in [4.78, 5) is 32.6. The summed E-state index contributed by atoms with van der Waals surface area (Å²) in [5, 5.41) is 10.8. The lowest BCUT2D eigenvalue weighted by Gasteiger charge is -2.26. The summed E-state index contributed by atoms with van der Waals surface area (Å²) in [6, 6.07) is 6.06. The lowest BCUT2D eigenvalue weighted by molar-refractivity contribution is -0.384. The highest BCUT2D eigenvalue weighted by atomic mass is 16.6. The number of hydrogen-bond donors (Lipinski definition) is 0. The number of aromatic nitrogens is 2. The minimum atomic E-state index is -0.472. The van der Waals surface area contributed by atoms with Crippen LogP contribution < -0.4 is 0 Å². The topological polar surface area (TPSA) is 98.5 Å². The normalized spacial score (nSPS) is 14.5. The summed E-state index contributed by atoms with van der Waals surface area (Å²) in [7, 11) is 0. The summed E-state index contributed by atoms with van der Waals surface area (Å²) >= 11 is 0. The van der Waals surface area contributed by atoms with Crippen LogP contribution in [0.25, 0.3) is 11.4 Å². The molecule has 1 saturated heterocycles. The number of ether oxygens (including phenoxy) is 1. The highest BCUT2D eigenvalue weighted by molar-refractivity contribution is 5.93. The molecule has 23 heavy (non-hydrogen) atoms. The van der Waals surface area contributed by atoms with Crippen LogP contribution in [0.15, 0.2) is 36.7 Å². The lowest BCUT2D eigenvalue weighted by atomic mass is 10.2. The van der Waals surface area contributed by atoms with Gasteiger partial charge in [0.05, 0.1) is 23.7 Å². The number of carbonyl (C=O) groups is 1. The first-order chi connectivity index (χ1) is 11.1. The molecule has 3 rings (SSSR count). The molecule has 8 nitrogen and oxygen atoms in total. The zero-order valence-electron chi connectivity index (χ0n) is 12.2. The van der Waals surface area contributed by atoms with E-state index in [0.29, 0.717) is 43.3 Å². The van der Waals surface area contributed by atoms with Gasteiger partial charge >= 0.3 is 0 Å². The minimum Gasteiger partial charge on any atom is -0.378 e. The molecule has 1 aromatic heterocycles. The maximum Gasteiger partial charge on any atom is 0.270 e. The van der Waals surface area contributed by atoms with E-state index in [1.54, 1.807) is 17.0 Å². The molecule has 0 radical (unpaired) electrons. The number of hydrogen-bond acceptors (Lipinski definition) is 6. The minimum absolute atomic E-state index is 0.0282. The fourth-order valence-electron chi connectivity index (χ4n) is 2.30. The molecular weight excluding hydrogens is 300 g/mol. The van der Waals surface area contributed by atoms with Gasteiger partial charge < -0.3 is 9.64 Å². The van der Waals surface area contributed by atoms with Gasteiger partial charge in [0.2, 0.25) is 0 Å². The smallest absolute Gasteiger partial charge is 0.270 e. The number of nitro benzene ring substituents is 1. The molecule has 0 N–H and O–H groups in total. The van der Waals surface area contributed by atoms with Gasteiger partial charge in [0.25, 0.3) is 11.6 Å². The Bertz CT molecular complexity index is 727. The Hall–Kier alpha value is -2.87. The Morgan fingerprint density at radius 2 is 1.91 bits per heavy atom. The molecule has 0 spiro atoms. The predicted molar refractivity (Wildman–Crippen MR) is 80.8 cm³/mol. The van der Waals surface area contributed by atoms with E-state index in [1.165, 1.54) is 24.5 Å². The molecule has 0 bridgehead atoms. The van der Waals surface area contributed by atoms with Gasteiger partial charge in [-0.05, 0) is 0 Å². The van der Waals surface area contributed by atoms with Crippen molar-refractivity contribution in [3.63, 3.8) is 0 Å². The van der Waals surface area contributed by atoms with E-state index in [-0.39, 0.29) is 11.6 Å². The van der Waals surface area contributed by atoms with Crippen LogP contribution in [0.1, 0.15) is 10.4 Å².